The van der Waals surface area contributed by atoms with Crippen molar-refractivity contribution in [3.63, 3.8) is 0 Å². The Bertz CT molecular complexity index is 280. The maximum Gasteiger partial charge on any atom is 0.140 e. The van der Waals surface area contributed by atoms with Gasteiger partial charge in [-0.3, -0.25) is 9.59 Å². The Hall–Kier alpha value is -0.920. The zero-order chi connectivity index (χ0) is 11.5. The SMILES string of the molecule is CC(C)=CCCC1(C)CC(=O)CC(=O)C1. The number of carbonyl (C=O) groups excluding carboxylic acids is 2. The van der Waals surface area contributed by atoms with Gasteiger partial charge in [0.25, 0.3) is 0 Å². The third-order valence-electron chi connectivity index (χ3n) is 2.94. The molecule has 0 aromatic rings. The molecule has 0 radical (unpaired) electrons. The van der Waals surface area contributed by atoms with Gasteiger partial charge >= 0.3 is 0 Å². The number of ketones is 2. The van der Waals surface area contributed by atoms with Crippen LogP contribution in [0, 0.1) is 5.41 Å². The van der Waals surface area contributed by atoms with Crippen LogP contribution in [-0.2, 0) is 9.59 Å². The Morgan fingerprint density at radius 2 is 1.80 bits per heavy atom. The van der Waals surface area contributed by atoms with Crippen molar-refractivity contribution in [1.29, 1.82) is 0 Å². The zero-order valence-electron chi connectivity index (χ0n) is 9.93. The standard InChI is InChI=1S/C13H20O2/c1-10(2)5-4-6-13(3)8-11(14)7-12(15)9-13/h5H,4,6-9H2,1-3H3. The van der Waals surface area contributed by atoms with E-state index in [0.29, 0.717) is 12.8 Å². The summed E-state index contributed by atoms with van der Waals surface area (Å²) in [6.07, 6.45) is 5.41. The number of Topliss-reactive ketones (excluding diaryl/α,β-unsaturated/α-hetero) is 2. The largest absolute Gasteiger partial charge is 0.299 e. The first-order valence-corrected chi connectivity index (χ1v) is 5.58. The summed E-state index contributed by atoms with van der Waals surface area (Å²) in [6, 6.07) is 0. The van der Waals surface area contributed by atoms with E-state index < -0.39 is 0 Å². The molecule has 1 aliphatic carbocycles. The van der Waals surface area contributed by atoms with Gasteiger partial charge in [-0.05, 0) is 32.1 Å². The van der Waals surface area contributed by atoms with Crippen LogP contribution in [0.3, 0.4) is 0 Å². The highest BCUT2D eigenvalue weighted by Crippen LogP contribution is 2.36. The Morgan fingerprint density at radius 1 is 1.27 bits per heavy atom. The summed E-state index contributed by atoms with van der Waals surface area (Å²) in [5, 5.41) is 0. The van der Waals surface area contributed by atoms with Crippen LogP contribution in [-0.4, -0.2) is 11.6 Å². The molecule has 0 aromatic carbocycles. The van der Waals surface area contributed by atoms with Crippen LogP contribution in [0.4, 0.5) is 0 Å². The van der Waals surface area contributed by atoms with Gasteiger partial charge in [0.1, 0.15) is 11.6 Å². The summed E-state index contributed by atoms with van der Waals surface area (Å²) >= 11 is 0. The van der Waals surface area contributed by atoms with Crippen LogP contribution in [0.1, 0.15) is 52.9 Å². The van der Waals surface area contributed by atoms with Crippen LogP contribution >= 0.6 is 0 Å². The summed E-state index contributed by atoms with van der Waals surface area (Å²) in [5.41, 5.74) is 1.21. The van der Waals surface area contributed by atoms with E-state index in [1.165, 1.54) is 5.57 Å². The minimum absolute atomic E-state index is 0.0850. The molecule has 0 unspecified atom stereocenters. The molecule has 0 amide bonds. The fraction of sp³-hybridized carbons (Fsp3) is 0.692. The van der Waals surface area contributed by atoms with E-state index in [-0.39, 0.29) is 23.4 Å². The predicted octanol–water partition coefficient (Wildman–Crippen LogP) is 3.06. The van der Waals surface area contributed by atoms with E-state index in [9.17, 15) is 9.59 Å². The lowest BCUT2D eigenvalue weighted by Gasteiger charge is -2.31. The molecule has 0 aliphatic heterocycles. The summed E-state index contributed by atoms with van der Waals surface area (Å²) < 4.78 is 0. The summed E-state index contributed by atoms with van der Waals surface area (Å²) in [7, 11) is 0. The van der Waals surface area contributed by atoms with Gasteiger partial charge in [-0.2, -0.15) is 0 Å². The molecule has 0 bridgehead atoms. The highest BCUT2D eigenvalue weighted by Gasteiger charge is 2.34. The van der Waals surface area contributed by atoms with Crippen LogP contribution in [0.15, 0.2) is 11.6 Å². The average Bonchev–Trinajstić information content (AvgIpc) is 1.98. The minimum Gasteiger partial charge on any atom is -0.299 e. The van der Waals surface area contributed by atoms with E-state index >= 15 is 0 Å². The lowest BCUT2D eigenvalue weighted by Crippen LogP contribution is -2.31. The molecule has 0 saturated heterocycles. The maximum absolute atomic E-state index is 11.3. The van der Waals surface area contributed by atoms with E-state index in [4.69, 9.17) is 0 Å². The minimum atomic E-state index is -0.0850. The topological polar surface area (TPSA) is 34.1 Å². The first-order chi connectivity index (χ1) is 6.91. The smallest absolute Gasteiger partial charge is 0.140 e. The molecule has 0 atom stereocenters. The van der Waals surface area contributed by atoms with Crippen molar-refractivity contribution >= 4 is 11.6 Å². The van der Waals surface area contributed by atoms with Crippen molar-refractivity contribution in [3.8, 4) is 0 Å². The third kappa shape index (κ3) is 3.98. The lowest BCUT2D eigenvalue weighted by molar-refractivity contribution is -0.133. The van der Waals surface area contributed by atoms with E-state index in [1.54, 1.807) is 0 Å². The summed E-state index contributed by atoms with van der Waals surface area (Å²) in [5.74, 6) is 0.233. The molecule has 0 N–H and O–H groups in total. The van der Waals surface area contributed by atoms with Crippen molar-refractivity contribution in [2.75, 3.05) is 0 Å². The van der Waals surface area contributed by atoms with Gasteiger partial charge in [-0.15, -0.1) is 0 Å². The molecule has 2 heteroatoms. The highest BCUT2D eigenvalue weighted by molar-refractivity contribution is 6.02. The second-order valence-corrected chi connectivity index (χ2v) is 5.24. The first-order valence-electron chi connectivity index (χ1n) is 5.58. The van der Waals surface area contributed by atoms with Crippen molar-refractivity contribution in [1.82, 2.24) is 0 Å². The van der Waals surface area contributed by atoms with Gasteiger partial charge in [-0.25, -0.2) is 0 Å². The average molecular weight is 208 g/mol. The van der Waals surface area contributed by atoms with Gasteiger partial charge in [0.05, 0.1) is 6.42 Å². The number of rotatable bonds is 3. The van der Waals surface area contributed by atoms with Crippen LogP contribution in [0.2, 0.25) is 0 Å². The molecule has 2 nitrogen and oxygen atoms in total. The zero-order valence-corrected chi connectivity index (χ0v) is 9.93. The molecule has 1 saturated carbocycles. The number of allylic oxidation sites excluding steroid dienone is 2. The van der Waals surface area contributed by atoms with Gasteiger partial charge in [0, 0.05) is 12.8 Å². The highest BCUT2D eigenvalue weighted by atomic mass is 16.1. The fourth-order valence-corrected chi connectivity index (χ4v) is 2.25. The van der Waals surface area contributed by atoms with Gasteiger partial charge in [0.2, 0.25) is 0 Å². The molecule has 15 heavy (non-hydrogen) atoms. The van der Waals surface area contributed by atoms with E-state index in [2.05, 4.69) is 26.8 Å². The molecule has 0 spiro atoms. The first kappa shape index (κ1) is 12.2. The quantitative estimate of drug-likeness (QED) is 0.527. The predicted molar refractivity (Wildman–Crippen MR) is 60.6 cm³/mol. The number of hydrogen-bond acceptors (Lipinski definition) is 2. The van der Waals surface area contributed by atoms with E-state index in [0.717, 1.165) is 12.8 Å². The third-order valence-corrected chi connectivity index (χ3v) is 2.94. The Morgan fingerprint density at radius 3 is 2.27 bits per heavy atom. The molecule has 84 valence electrons. The molecule has 1 rings (SSSR count). The molecular formula is C13H20O2. The number of carbonyl (C=O) groups is 2. The van der Waals surface area contributed by atoms with Crippen molar-refractivity contribution in [2.45, 2.75) is 52.9 Å². The number of hydrogen-bond donors (Lipinski definition) is 0. The molecule has 1 fully saturated rings. The summed E-state index contributed by atoms with van der Waals surface area (Å²) in [4.78, 5) is 22.7. The Kier molecular flexibility index (Phi) is 3.83. The van der Waals surface area contributed by atoms with E-state index in [1.807, 2.05) is 0 Å². The molecule has 1 aliphatic rings. The second kappa shape index (κ2) is 4.73. The lowest BCUT2D eigenvalue weighted by atomic mass is 9.72. The second-order valence-electron chi connectivity index (χ2n) is 5.24. The van der Waals surface area contributed by atoms with Crippen molar-refractivity contribution in [2.24, 2.45) is 5.41 Å². The van der Waals surface area contributed by atoms with Gasteiger partial charge < -0.3 is 0 Å². The maximum atomic E-state index is 11.3. The van der Waals surface area contributed by atoms with Crippen molar-refractivity contribution in [3.05, 3.63) is 11.6 Å². The Labute approximate surface area is 91.7 Å². The van der Waals surface area contributed by atoms with Crippen LogP contribution in [0.5, 0.6) is 0 Å². The monoisotopic (exact) mass is 208 g/mol. The van der Waals surface area contributed by atoms with Crippen molar-refractivity contribution < 1.29 is 9.59 Å². The van der Waals surface area contributed by atoms with Gasteiger partial charge in [-0.1, -0.05) is 18.6 Å². The van der Waals surface area contributed by atoms with Gasteiger partial charge in [0.15, 0.2) is 0 Å². The summed E-state index contributed by atoms with van der Waals surface area (Å²) in [6.45, 7) is 6.19. The molecule has 0 heterocycles. The molecule has 0 aromatic heterocycles. The van der Waals surface area contributed by atoms with Crippen LogP contribution in [0.25, 0.3) is 0 Å². The normalized spacial score (nSPS) is 20.2. The molecular weight excluding hydrogens is 188 g/mol. The fourth-order valence-electron chi connectivity index (χ4n) is 2.25. The van der Waals surface area contributed by atoms with Crippen LogP contribution < -0.4 is 0 Å². The Balaban J connectivity index is 2.54.